The van der Waals surface area contributed by atoms with E-state index in [0.717, 1.165) is 31.5 Å². The Morgan fingerprint density at radius 3 is 2.41 bits per heavy atom. The van der Waals surface area contributed by atoms with Gasteiger partial charge in [0.2, 0.25) is 11.7 Å². The maximum atomic E-state index is 13.6. The predicted octanol–water partition coefficient (Wildman–Crippen LogP) is 4.91. The Labute approximate surface area is 215 Å². The Balaban J connectivity index is 1.18. The Kier molecular flexibility index (Phi) is 8.91. The molecule has 200 valence electrons. The van der Waals surface area contributed by atoms with Crippen molar-refractivity contribution in [3.63, 3.8) is 0 Å². The van der Waals surface area contributed by atoms with Gasteiger partial charge < -0.3 is 19.3 Å². The molecule has 1 amide bonds. The zero-order valence-electron chi connectivity index (χ0n) is 21.0. The maximum Gasteiger partial charge on any atom is 0.311 e. The van der Waals surface area contributed by atoms with Crippen LogP contribution >= 0.6 is 0 Å². The van der Waals surface area contributed by atoms with Crippen LogP contribution in [0.2, 0.25) is 0 Å². The lowest BCUT2D eigenvalue weighted by molar-refractivity contribution is -0.385. The van der Waals surface area contributed by atoms with Gasteiger partial charge in [-0.1, -0.05) is 6.07 Å². The van der Waals surface area contributed by atoms with E-state index in [1.54, 1.807) is 25.1 Å². The number of carbonyl (C=O) groups is 1. The van der Waals surface area contributed by atoms with Crippen molar-refractivity contribution < 1.29 is 28.0 Å². The average Bonchev–Trinajstić information content (AvgIpc) is 2.90. The molecule has 10 heteroatoms. The molecule has 0 radical (unpaired) electrons. The molecule has 0 aliphatic carbocycles. The van der Waals surface area contributed by atoms with Gasteiger partial charge in [-0.05, 0) is 62.5 Å². The van der Waals surface area contributed by atoms with Crippen molar-refractivity contribution in [2.45, 2.75) is 51.0 Å². The van der Waals surface area contributed by atoms with Crippen molar-refractivity contribution >= 4 is 11.6 Å². The number of ether oxygens (including phenoxy) is 2. The first kappa shape index (κ1) is 26.8. The van der Waals surface area contributed by atoms with Gasteiger partial charge in [-0.15, -0.1) is 0 Å². The molecular formula is C27H33F2N3O5. The van der Waals surface area contributed by atoms with E-state index in [0.29, 0.717) is 51.3 Å². The second-order valence-corrected chi connectivity index (χ2v) is 9.56. The van der Waals surface area contributed by atoms with E-state index in [2.05, 4.69) is 4.90 Å². The summed E-state index contributed by atoms with van der Waals surface area (Å²) < 4.78 is 38.2. The zero-order valence-corrected chi connectivity index (χ0v) is 21.0. The number of piperidine rings is 2. The van der Waals surface area contributed by atoms with Crippen molar-refractivity contribution in [3.8, 4) is 11.5 Å². The average molecular weight is 518 g/mol. The van der Waals surface area contributed by atoms with Gasteiger partial charge in [-0.25, -0.2) is 8.78 Å². The lowest BCUT2D eigenvalue weighted by atomic mass is 9.89. The summed E-state index contributed by atoms with van der Waals surface area (Å²) in [6, 6.07) is 8.66. The van der Waals surface area contributed by atoms with Crippen molar-refractivity contribution in [3.05, 3.63) is 63.7 Å². The van der Waals surface area contributed by atoms with Crippen LogP contribution in [0.25, 0.3) is 0 Å². The third-order valence-corrected chi connectivity index (χ3v) is 7.17. The zero-order chi connectivity index (χ0) is 26.4. The number of hydrogen-bond acceptors (Lipinski definition) is 6. The third kappa shape index (κ3) is 6.94. The topological polar surface area (TPSA) is 85.2 Å². The summed E-state index contributed by atoms with van der Waals surface area (Å²) in [7, 11) is 0. The van der Waals surface area contributed by atoms with Gasteiger partial charge in [-0.2, -0.15) is 0 Å². The van der Waals surface area contributed by atoms with Crippen molar-refractivity contribution in [1.82, 2.24) is 9.80 Å². The first-order chi connectivity index (χ1) is 17.8. The predicted molar refractivity (Wildman–Crippen MR) is 134 cm³/mol. The van der Waals surface area contributed by atoms with Gasteiger partial charge in [0.05, 0.1) is 11.5 Å². The fourth-order valence-electron chi connectivity index (χ4n) is 5.07. The lowest BCUT2D eigenvalue weighted by Crippen LogP contribution is -2.43. The van der Waals surface area contributed by atoms with Crippen LogP contribution < -0.4 is 9.47 Å². The van der Waals surface area contributed by atoms with E-state index in [-0.39, 0.29) is 29.4 Å². The highest BCUT2D eigenvalue weighted by atomic mass is 19.2. The van der Waals surface area contributed by atoms with Crippen LogP contribution in [-0.4, -0.2) is 66.1 Å². The molecule has 2 heterocycles. The molecule has 0 atom stereocenters. The molecule has 0 spiro atoms. The summed E-state index contributed by atoms with van der Waals surface area (Å²) in [4.78, 5) is 27.6. The highest BCUT2D eigenvalue weighted by molar-refractivity contribution is 5.76. The van der Waals surface area contributed by atoms with E-state index >= 15 is 0 Å². The van der Waals surface area contributed by atoms with Crippen LogP contribution in [0.1, 0.15) is 50.5 Å². The second kappa shape index (κ2) is 12.3. The standard InChI is InChI=1S/C27H33F2N3O5/c1-2-36-26-18-22(4-6-25(26)32(34)35)37-21-9-15-31(16-10-21)27(33)11-14-30-12-7-19(8-13-30)20-3-5-23(28)24(29)17-20/h3-6,17-19,21H,2,7-16H2,1H3. The summed E-state index contributed by atoms with van der Waals surface area (Å²) in [6.07, 6.45) is 3.46. The van der Waals surface area contributed by atoms with Crippen LogP contribution in [0, 0.1) is 21.7 Å². The summed E-state index contributed by atoms with van der Waals surface area (Å²) in [5.74, 6) is -0.589. The van der Waals surface area contributed by atoms with E-state index < -0.39 is 16.6 Å². The van der Waals surface area contributed by atoms with Gasteiger partial charge >= 0.3 is 5.69 Å². The summed E-state index contributed by atoms with van der Waals surface area (Å²) in [5.41, 5.74) is 0.741. The van der Waals surface area contributed by atoms with Gasteiger partial charge in [0.25, 0.3) is 0 Å². The highest BCUT2D eigenvalue weighted by Crippen LogP contribution is 2.33. The number of likely N-dealkylation sites (tertiary alicyclic amines) is 2. The lowest BCUT2D eigenvalue weighted by Gasteiger charge is -2.34. The quantitative estimate of drug-likeness (QED) is 0.347. The van der Waals surface area contributed by atoms with Gasteiger partial charge in [0.1, 0.15) is 11.9 Å². The van der Waals surface area contributed by atoms with E-state index in [4.69, 9.17) is 9.47 Å². The number of hydrogen-bond donors (Lipinski definition) is 0. The number of carbonyl (C=O) groups excluding carboxylic acids is 1. The molecular weight excluding hydrogens is 484 g/mol. The molecule has 2 fully saturated rings. The van der Waals surface area contributed by atoms with E-state index in [1.807, 2.05) is 4.90 Å². The Morgan fingerprint density at radius 2 is 1.76 bits per heavy atom. The smallest absolute Gasteiger partial charge is 0.311 e. The largest absolute Gasteiger partial charge is 0.490 e. The molecule has 8 nitrogen and oxygen atoms in total. The van der Waals surface area contributed by atoms with Gasteiger partial charge in [-0.3, -0.25) is 14.9 Å². The number of nitro benzene ring substituents is 1. The summed E-state index contributed by atoms with van der Waals surface area (Å²) in [6.45, 7) is 5.62. The number of rotatable bonds is 9. The molecule has 2 aliphatic rings. The Morgan fingerprint density at radius 1 is 1.03 bits per heavy atom. The minimum Gasteiger partial charge on any atom is -0.490 e. The Hall–Kier alpha value is -3.27. The molecule has 0 unspecified atom stereocenters. The van der Waals surface area contributed by atoms with Crippen LogP contribution in [0.5, 0.6) is 11.5 Å². The van der Waals surface area contributed by atoms with E-state index in [1.165, 1.54) is 18.2 Å². The molecule has 0 saturated carbocycles. The highest BCUT2D eigenvalue weighted by Gasteiger charge is 2.26. The second-order valence-electron chi connectivity index (χ2n) is 9.56. The van der Waals surface area contributed by atoms with Crippen LogP contribution in [0.4, 0.5) is 14.5 Å². The Bertz CT molecular complexity index is 1100. The fourth-order valence-corrected chi connectivity index (χ4v) is 5.07. The number of amides is 1. The summed E-state index contributed by atoms with van der Waals surface area (Å²) in [5, 5.41) is 11.2. The number of halogens is 2. The SMILES string of the molecule is CCOc1cc(OC2CCN(C(=O)CCN3CCC(c4ccc(F)c(F)c4)CC3)CC2)ccc1[N+](=O)[O-]. The fraction of sp³-hybridized carbons (Fsp3) is 0.519. The molecule has 0 aromatic heterocycles. The first-order valence-electron chi connectivity index (χ1n) is 12.9. The minimum absolute atomic E-state index is 0.0738. The molecule has 2 aromatic rings. The first-order valence-corrected chi connectivity index (χ1v) is 12.9. The maximum absolute atomic E-state index is 13.6. The molecule has 0 N–H and O–H groups in total. The number of nitro groups is 1. The van der Waals surface area contributed by atoms with Crippen molar-refractivity contribution in [1.29, 1.82) is 0 Å². The van der Waals surface area contributed by atoms with Crippen LogP contribution in [0.15, 0.2) is 36.4 Å². The third-order valence-electron chi connectivity index (χ3n) is 7.17. The summed E-state index contributed by atoms with van der Waals surface area (Å²) >= 11 is 0. The molecule has 37 heavy (non-hydrogen) atoms. The number of benzene rings is 2. The van der Waals surface area contributed by atoms with Gasteiger partial charge in [0.15, 0.2) is 11.6 Å². The van der Waals surface area contributed by atoms with Crippen LogP contribution in [0.3, 0.4) is 0 Å². The number of nitrogens with zero attached hydrogens (tertiary/aromatic N) is 3. The molecule has 2 saturated heterocycles. The normalized spacial score (nSPS) is 17.5. The minimum atomic E-state index is -0.822. The van der Waals surface area contributed by atoms with Crippen molar-refractivity contribution in [2.24, 2.45) is 0 Å². The van der Waals surface area contributed by atoms with Gasteiger partial charge in [0, 0.05) is 51.0 Å². The molecule has 4 rings (SSSR count). The monoisotopic (exact) mass is 517 g/mol. The van der Waals surface area contributed by atoms with Crippen molar-refractivity contribution in [2.75, 3.05) is 39.3 Å². The molecule has 2 aliphatic heterocycles. The molecule has 0 bridgehead atoms. The van der Waals surface area contributed by atoms with Crippen LogP contribution in [-0.2, 0) is 4.79 Å². The molecule has 2 aromatic carbocycles. The van der Waals surface area contributed by atoms with E-state index in [9.17, 15) is 23.7 Å².